The molecule has 1 fully saturated rings. The number of rotatable bonds is 12. The Labute approximate surface area is 199 Å². The Bertz CT molecular complexity index is 756. The number of carbonyl (C=O) groups excluding carboxylic acids is 3. The van der Waals surface area contributed by atoms with Crippen LogP contribution in [0.5, 0.6) is 0 Å². The fourth-order valence-corrected chi connectivity index (χ4v) is 4.75. The Hall–Kier alpha value is -2.10. The molecule has 0 radical (unpaired) electrons. The first kappa shape index (κ1) is 27.1. The van der Waals surface area contributed by atoms with Crippen molar-refractivity contribution in [3.63, 3.8) is 0 Å². The molecule has 1 N–H and O–H groups in total. The maximum atomic E-state index is 12.3. The van der Waals surface area contributed by atoms with E-state index in [1.165, 1.54) is 32.0 Å². The maximum absolute atomic E-state index is 12.3. The van der Waals surface area contributed by atoms with Gasteiger partial charge in [0.1, 0.15) is 24.3 Å². The van der Waals surface area contributed by atoms with Crippen molar-refractivity contribution < 1.29 is 38.4 Å². The number of hydrogen-bond acceptors (Lipinski definition) is 9. The van der Waals surface area contributed by atoms with Gasteiger partial charge in [0.25, 0.3) is 0 Å². The van der Waals surface area contributed by atoms with Crippen LogP contribution in [0.4, 0.5) is 0 Å². The lowest BCUT2D eigenvalue weighted by Gasteiger charge is -2.43. The average Bonchev–Trinajstić information content (AvgIpc) is 2.78. The van der Waals surface area contributed by atoms with E-state index in [2.05, 4.69) is 6.92 Å². The fraction of sp³-hybridized carbons (Fsp3) is 0.625. The molecule has 2 rings (SSSR count). The highest BCUT2D eigenvalue weighted by Gasteiger charge is 2.49. The molecule has 1 aliphatic heterocycles. The molecule has 0 bridgehead atoms. The van der Waals surface area contributed by atoms with E-state index in [1.807, 2.05) is 0 Å². The SMILES string of the molecule is CCCCCCCS[C@@H]1O[C@H](COC(=O)c2ccccc2)[C@H](O)[C@H](OC(C)=O)[C@H]1OC(C)=O. The zero-order chi connectivity index (χ0) is 24.2. The van der Waals surface area contributed by atoms with Crippen LogP contribution in [0.15, 0.2) is 30.3 Å². The lowest BCUT2D eigenvalue weighted by molar-refractivity contribution is -0.228. The van der Waals surface area contributed by atoms with Gasteiger partial charge in [0, 0.05) is 13.8 Å². The molecule has 5 atom stereocenters. The third-order valence-electron chi connectivity index (χ3n) is 5.14. The highest BCUT2D eigenvalue weighted by molar-refractivity contribution is 7.99. The number of ether oxygens (including phenoxy) is 4. The van der Waals surface area contributed by atoms with Crippen molar-refractivity contribution in [1.29, 1.82) is 0 Å². The highest BCUT2D eigenvalue weighted by Crippen LogP contribution is 2.33. The average molecular weight is 483 g/mol. The molecule has 1 heterocycles. The van der Waals surface area contributed by atoms with Crippen molar-refractivity contribution in [2.75, 3.05) is 12.4 Å². The van der Waals surface area contributed by atoms with Crippen molar-refractivity contribution in [2.24, 2.45) is 0 Å². The molecule has 1 saturated heterocycles. The molecule has 0 aliphatic carbocycles. The van der Waals surface area contributed by atoms with Crippen molar-refractivity contribution >= 4 is 29.7 Å². The topological polar surface area (TPSA) is 108 Å². The smallest absolute Gasteiger partial charge is 0.338 e. The van der Waals surface area contributed by atoms with Gasteiger partial charge in [-0.1, -0.05) is 50.8 Å². The second-order valence-electron chi connectivity index (χ2n) is 7.93. The summed E-state index contributed by atoms with van der Waals surface area (Å²) in [5.74, 6) is -1.01. The number of benzene rings is 1. The summed E-state index contributed by atoms with van der Waals surface area (Å²) in [4.78, 5) is 35.7. The molecule has 0 amide bonds. The lowest BCUT2D eigenvalue weighted by atomic mass is 9.99. The molecule has 0 spiro atoms. The molecular weight excluding hydrogens is 448 g/mol. The number of carbonyl (C=O) groups is 3. The van der Waals surface area contributed by atoms with Gasteiger partial charge in [0.05, 0.1) is 5.56 Å². The van der Waals surface area contributed by atoms with Crippen LogP contribution in [0, 0.1) is 0 Å². The number of unbranched alkanes of at least 4 members (excludes halogenated alkanes) is 4. The molecule has 9 heteroatoms. The highest BCUT2D eigenvalue weighted by atomic mass is 32.2. The Balaban J connectivity index is 2.09. The quantitative estimate of drug-likeness (QED) is 0.272. The van der Waals surface area contributed by atoms with Gasteiger partial charge in [0.2, 0.25) is 0 Å². The lowest BCUT2D eigenvalue weighted by Crippen LogP contribution is -2.60. The second-order valence-corrected chi connectivity index (χ2v) is 9.14. The van der Waals surface area contributed by atoms with E-state index in [9.17, 15) is 19.5 Å². The Morgan fingerprint density at radius 1 is 0.970 bits per heavy atom. The predicted octanol–water partition coefficient (Wildman–Crippen LogP) is 3.50. The first-order chi connectivity index (χ1) is 15.8. The zero-order valence-corrected chi connectivity index (χ0v) is 20.3. The van der Waals surface area contributed by atoms with Gasteiger partial charge in [-0.25, -0.2) is 4.79 Å². The van der Waals surface area contributed by atoms with Crippen LogP contribution in [0.1, 0.15) is 63.2 Å². The molecule has 184 valence electrons. The first-order valence-electron chi connectivity index (χ1n) is 11.3. The van der Waals surface area contributed by atoms with Crippen LogP contribution in [0.25, 0.3) is 0 Å². The number of aliphatic hydroxyl groups is 1. The minimum Gasteiger partial charge on any atom is -0.459 e. The summed E-state index contributed by atoms with van der Waals surface area (Å²) in [7, 11) is 0. The molecule has 1 aromatic rings. The minimum atomic E-state index is -1.34. The number of esters is 3. The number of thioether (sulfide) groups is 1. The monoisotopic (exact) mass is 482 g/mol. The summed E-state index contributed by atoms with van der Waals surface area (Å²) in [6.45, 7) is 4.37. The van der Waals surface area contributed by atoms with Gasteiger partial charge in [0.15, 0.2) is 12.2 Å². The van der Waals surface area contributed by atoms with E-state index in [0.29, 0.717) is 5.56 Å². The van der Waals surface area contributed by atoms with Crippen LogP contribution in [0.3, 0.4) is 0 Å². The van der Waals surface area contributed by atoms with Crippen LogP contribution >= 0.6 is 11.8 Å². The molecule has 0 unspecified atom stereocenters. The summed E-state index contributed by atoms with van der Waals surface area (Å²) < 4.78 is 22.1. The molecule has 0 aromatic heterocycles. The van der Waals surface area contributed by atoms with E-state index in [4.69, 9.17) is 18.9 Å². The van der Waals surface area contributed by atoms with E-state index in [-0.39, 0.29) is 6.61 Å². The van der Waals surface area contributed by atoms with Gasteiger partial charge in [-0.3, -0.25) is 9.59 Å². The molecule has 1 aliphatic rings. The van der Waals surface area contributed by atoms with Gasteiger partial charge in [-0.2, -0.15) is 0 Å². The zero-order valence-electron chi connectivity index (χ0n) is 19.4. The fourth-order valence-electron chi connectivity index (χ4n) is 3.53. The third kappa shape index (κ3) is 8.98. The third-order valence-corrected chi connectivity index (χ3v) is 6.37. The van der Waals surface area contributed by atoms with Crippen molar-refractivity contribution in [3.8, 4) is 0 Å². The molecule has 0 saturated carbocycles. The summed E-state index contributed by atoms with van der Waals surface area (Å²) in [6, 6.07) is 8.46. The molecule has 1 aromatic carbocycles. The van der Waals surface area contributed by atoms with Crippen molar-refractivity contribution in [1.82, 2.24) is 0 Å². The molecule has 33 heavy (non-hydrogen) atoms. The normalized spacial score (nSPS) is 24.7. The van der Waals surface area contributed by atoms with E-state index < -0.39 is 47.8 Å². The van der Waals surface area contributed by atoms with Crippen LogP contribution in [0.2, 0.25) is 0 Å². The van der Waals surface area contributed by atoms with Crippen molar-refractivity contribution in [2.45, 2.75) is 82.7 Å². The summed E-state index contributed by atoms with van der Waals surface area (Å²) in [5, 5.41) is 10.8. The first-order valence-corrected chi connectivity index (χ1v) is 12.4. The van der Waals surface area contributed by atoms with E-state index in [0.717, 1.165) is 31.4 Å². The van der Waals surface area contributed by atoms with E-state index >= 15 is 0 Å². The van der Waals surface area contributed by atoms with Crippen molar-refractivity contribution in [3.05, 3.63) is 35.9 Å². The van der Waals surface area contributed by atoms with Gasteiger partial charge >= 0.3 is 17.9 Å². The summed E-state index contributed by atoms with van der Waals surface area (Å²) in [5.41, 5.74) is -0.316. The second kappa shape index (κ2) is 14.2. The largest absolute Gasteiger partial charge is 0.459 e. The number of hydrogen-bond donors (Lipinski definition) is 1. The van der Waals surface area contributed by atoms with Crippen LogP contribution in [-0.4, -0.2) is 65.2 Å². The number of aliphatic hydroxyl groups excluding tert-OH is 1. The summed E-state index contributed by atoms with van der Waals surface area (Å²) in [6.07, 6.45) is 1.07. The standard InChI is InChI=1S/C24H34O8S/c1-4-5-6-7-11-14-33-24-22(31-17(3)26)21(30-16(2)25)20(27)19(32-24)15-29-23(28)18-12-9-8-10-13-18/h8-10,12-13,19-22,24,27H,4-7,11,14-15H2,1-3H3/t19-,20+,21+,22-,24+/m1/s1. The van der Waals surface area contributed by atoms with E-state index in [1.54, 1.807) is 30.3 Å². The minimum absolute atomic E-state index is 0.243. The van der Waals surface area contributed by atoms with Gasteiger partial charge in [-0.05, 0) is 24.3 Å². The summed E-state index contributed by atoms with van der Waals surface area (Å²) >= 11 is 1.43. The Morgan fingerprint density at radius 2 is 1.61 bits per heavy atom. The Morgan fingerprint density at radius 3 is 2.24 bits per heavy atom. The van der Waals surface area contributed by atoms with Gasteiger partial charge in [-0.15, -0.1) is 11.8 Å². The van der Waals surface area contributed by atoms with Crippen LogP contribution < -0.4 is 0 Å². The Kier molecular flexibility index (Phi) is 11.7. The molecular formula is C24H34O8S. The van der Waals surface area contributed by atoms with Gasteiger partial charge < -0.3 is 24.1 Å². The predicted molar refractivity (Wildman–Crippen MR) is 124 cm³/mol. The molecule has 8 nitrogen and oxygen atoms in total. The van der Waals surface area contributed by atoms with Crippen LogP contribution in [-0.2, 0) is 28.5 Å². The maximum Gasteiger partial charge on any atom is 0.338 e.